The highest BCUT2D eigenvalue weighted by atomic mass is 127. The lowest BCUT2D eigenvalue weighted by molar-refractivity contribution is 0.741. The van der Waals surface area contributed by atoms with Crippen molar-refractivity contribution in [2.45, 2.75) is 27.2 Å². The fourth-order valence-electron chi connectivity index (χ4n) is 2.14. The van der Waals surface area contributed by atoms with Crippen LogP contribution in [0.2, 0.25) is 0 Å². The number of aliphatic imine (C=N–C) groups is 1. The van der Waals surface area contributed by atoms with E-state index in [2.05, 4.69) is 65.6 Å². The monoisotopic (exact) mass is 404 g/mol. The Bertz CT molecular complexity index is 420. The third-order valence-corrected chi connectivity index (χ3v) is 3.28. The van der Waals surface area contributed by atoms with Crippen LogP contribution in [0.25, 0.3) is 0 Å². The molecule has 0 aliphatic rings. The Kier molecular flexibility index (Phi) is 11.1. The summed E-state index contributed by atoms with van der Waals surface area (Å²) in [6.45, 7) is 10.3. The van der Waals surface area contributed by atoms with E-state index in [1.165, 1.54) is 11.3 Å². The molecule has 0 atom stereocenters. The van der Waals surface area contributed by atoms with Gasteiger partial charge in [-0.2, -0.15) is 0 Å². The zero-order valence-corrected chi connectivity index (χ0v) is 16.0. The maximum Gasteiger partial charge on any atom is 0.191 e. The standard InChI is InChI=1S/C16H28N4.HI/c1-5-11-18-16(17-4)19-12-13-20(6-2)15-10-8-7-9-14(15)3;/h7-10H,5-6,11-13H2,1-4H3,(H2,17,18,19);1H. The fourth-order valence-corrected chi connectivity index (χ4v) is 2.14. The van der Waals surface area contributed by atoms with Crippen LogP contribution >= 0.6 is 24.0 Å². The van der Waals surface area contributed by atoms with E-state index in [4.69, 9.17) is 0 Å². The molecule has 5 heteroatoms. The van der Waals surface area contributed by atoms with Gasteiger partial charge in [0.25, 0.3) is 0 Å². The first-order chi connectivity index (χ1) is 9.72. The summed E-state index contributed by atoms with van der Waals surface area (Å²) in [6.07, 6.45) is 1.10. The highest BCUT2D eigenvalue weighted by Crippen LogP contribution is 2.18. The van der Waals surface area contributed by atoms with E-state index < -0.39 is 0 Å². The van der Waals surface area contributed by atoms with Crippen LogP contribution in [-0.4, -0.2) is 39.2 Å². The summed E-state index contributed by atoms with van der Waals surface area (Å²) >= 11 is 0. The molecule has 0 bridgehead atoms. The predicted octanol–water partition coefficient (Wildman–Crippen LogP) is 3.01. The third kappa shape index (κ3) is 7.02. The van der Waals surface area contributed by atoms with Gasteiger partial charge in [-0.05, 0) is 31.9 Å². The van der Waals surface area contributed by atoms with Gasteiger partial charge in [0, 0.05) is 38.9 Å². The lowest BCUT2D eigenvalue weighted by Gasteiger charge is -2.25. The molecule has 0 aliphatic carbocycles. The second kappa shape index (κ2) is 11.7. The molecule has 0 fully saturated rings. The number of hydrogen-bond donors (Lipinski definition) is 2. The Morgan fingerprint density at radius 3 is 2.38 bits per heavy atom. The lowest BCUT2D eigenvalue weighted by Crippen LogP contribution is -2.42. The number of guanidine groups is 1. The molecule has 0 heterocycles. The average molecular weight is 404 g/mol. The largest absolute Gasteiger partial charge is 0.370 e. The maximum absolute atomic E-state index is 4.21. The van der Waals surface area contributed by atoms with Crippen LogP contribution in [0.4, 0.5) is 5.69 Å². The van der Waals surface area contributed by atoms with Crippen molar-refractivity contribution in [3.05, 3.63) is 29.8 Å². The van der Waals surface area contributed by atoms with Crippen molar-refractivity contribution < 1.29 is 0 Å². The van der Waals surface area contributed by atoms with E-state index in [0.29, 0.717) is 0 Å². The number of nitrogens with one attached hydrogen (secondary N) is 2. The smallest absolute Gasteiger partial charge is 0.191 e. The third-order valence-electron chi connectivity index (χ3n) is 3.28. The summed E-state index contributed by atoms with van der Waals surface area (Å²) in [5, 5.41) is 6.64. The van der Waals surface area contributed by atoms with Gasteiger partial charge >= 0.3 is 0 Å². The van der Waals surface area contributed by atoms with Gasteiger partial charge in [-0.1, -0.05) is 25.1 Å². The zero-order valence-electron chi connectivity index (χ0n) is 13.6. The lowest BCUT2D eigenvalue weighted by atomic mass is 10.2. The van der Waals surface area contributed by atoms with Crippen molar-refractivity contribution in [1.29, 1.82) is 0 Å². The van der Waals surface area contributed by atoms with E-state index in [1.54, 1.807) is 0 Å². The average Bonchev–Trinajstić information content (AvgIpc) is 2.48. The first kappa shape index (κ1) is 20.0. The van der Waals surface area contributed by atoms with Crippen molar-refractivity contribution in [1.82, 2.24) is 10.6 Å². The molecule has 0 unspecified atom stereocenters. The molecular formula is C16H29IN4. The van der Waals surface area contributed by atoms with Gasteiger partial charge in [-0.3, -0.25) is 4.99 Å². The summed E-state index contributed by atoms with van der Waals surface area (Å²) in [7, 11) is 1.81. The molecule has 0 amide bonds. The summed E-state index contributed by atoms with van der Waals surface area (Å²) in [5.74, 6) is 0.882. The highest BCUT2D eigenvalue weighted by molar-refractivity contribution is 14.0. The molecule has 1 aromatic carbocycles. The molecule has 2 N–H and O–H groups in total. The normalized spacial score (nSPS) is 10.8. The highest BCUT2D eigenvalue weighted by Gasteiger charge is 2.06. The molecule has 21 heavy (non-hydrogen) atoms. The Morgan fingerprint density at radius 1 is 1.14 bits per heavy atom. The van der Waals surface area contributed by atoms with Crippen LogP contribution in [0, 0.1) is 6.92 Å². The Morgan fingerprint density at radius 2 is 1.81 bits per heavy atom. The number of hydrogen-bond acceptors (Lipinski definition) is 2. The van der Waals surface area contributed by atoms with E-state index in [9.17, 15) is 0 Å². The molecule has 0 aromatic heterocycles. The number of halogens is 1. The van der Waals surface area contributed by atoms with Gasteiger partial charge in [0.1, 0.15) is 0 Å². The number of aryl methyl sites for hydroxylation is 1. The number of benzene rings is 1. The van der Waals surface area contributed by atoms with Gasteiger partial charge in [-0.15, -0.1) is 24.0 Å². The Labute approximate surface area is 146 Å². The SMILES string of the molecule is CCCNC(=NC)NCCN(CC)c1ccccc1C.I. The molecule has 0 saturated heterocycles. The van der Waals surface area contributed by atoms with E-state index in [-0.39, 0.29) is 24.0 Å². The number of likely N-dealkylation sites (N-methyl/N-ethyl adjacent to an activating group) is 1. The Hall–Kier alpha value is -0.980. The van der Waals surface area contributed by atoms with Crippen LogP contribution in [0.15, 0.2) is 29.3 Å². The number of anilines is 1. The maximum atomic E-state index is 4.21. The minimum Gasteiger partial charge on any atom is -0.370 e. The van der Waals surface area contributed by atoms with E-state index in [0.717, 1.165) is 38.6 Å². The molecule has 1 rings (SSSR count). The van der Waals surface area contributed by atoms with Crippen molar-refractivity contribution >= 4 is 35.6 Å². The van der Waals surface area contributed by atoms with Gasteiger partial charge in [0.2, 0.25) is 0 Å². The van der Waals surface area contributed by atoms with Crippen molar-refractivity contribution in [2.75, 3.05) is 38.1 Å². The summed E-state index contributed by atoms with van der Waals surface area (Å²) < 4.78 is 0. The van der Waals surface area contributed by atoms with Crippen LogP contribution in [0.3, 0.4) is 0 Å². The van der Waals surface area contributed by atoms with E-state index in [1.807, 2.05) is 7.05 Å². The van der Waals surface area contributed by atoms with Crippen LogP contribution in [0.1, 0.15) is 25.8 Å². The summed E-state index contributed by atoms with van der Waals surface area (Å²) in [6, 6.07) is 8.53. The van der Waals surface area contributed by atoms with Crippen molar-refractivity contribution in [3.8, 4) is 0 Å². The van der Waals surface area contributed by atoms with Gasteiger partial charge < -0.3 is 15.5 Å². The molecule has 1 aromatic rings. The van der Waals surface area contributed by atoms with Crippen LogP contribution in [0.5, 0.6) is 0 Å². The van der Waals surface area contributed by atoms with Gasteiger partial charge in [0.05, 0.1) is 0 Å². The molecule has 0 aliphatic heterocycles. The van der Waals surface area contributed by atoms with Crippen LogP contribution in [-0.2, 0) is 0 Å². The molecule has 0 saturated carbocycles. The van der Waals surface area contributed by atoms with Crippen molar-refractivity contribution in [2.24, 2.45) is 4.99 Å². The summed E-state index contributed by atoms with van der Waals surface area (Å²) in [4.78, 5) is 6.60. The number of rotatable bonds is 7. The quantitative estimate of drug-likeness (QED) is 0.417. The Balaban J connectivity index is 0.00000400. The molecule has 0 spiro atoms. The minimum atomic E-state index is 0. The van der Waals surface area contributed by atoms with Gasteiger partial charge in [-0.25, -0.2) is 0 Å². The second-order valence-corrected chi connectivity index (χ2v) is 4.79. The van der Waals surface area contributed by atoms with E-state index >= 15 is 0 Å². The zero-order chi connectivity index (χ0) is 14.8. The van der Waals surface area contributed by atoms with Gasteiger partial charge in [0.15, 0.2) is 5.96 Å². The summed E-state index contributed by atoms with van der Waals surface area (Å²) in [5.41, 5.74) is 2.64. The predicted molar refractivity (Wildman–Crippen MR) is 104 cm³/mol. The topological polar surface area (TPSA) is 39.7 Å². The molecule has 0 radical (unpaired) electrons. The van der Waals surface area contributed by atoms with Crippen molar-refractivity contribution in [3.63, 3.8) is 0 Å². The molecular weight excluding hydrogens is 375 g/mol. The first-order valence-electron chi connectivity index (χ1n) is 7.48. The number of para-hydroxylation sites is 1. The number of nitrogens with zero attached hydrogens (tertiary/aromatic N) is 2. The fraction of sp³-hybridized carbons (Fsp3) is 0.562. The van der Waals surface area contributed by atoms with Crippen LogP contribution < -0.4 is 15.5 Å². The molecule has 120 valence electrons. The second-order valence-electron chi connectivity index (χ2n) is 4.79. The minimum absolute atomic E-state index is 0. The first-order valence-corrected chi connectivity index (χ1v) is 7.48. The molecule has 4 nitrogen and oxygen atoms in total.